The van der Waals surface area contributed by atoms with Crippen LogP contribution in [0.3, 0.4) is 0 Å². The highest BCUT2D eigenvalue weighted by atomic mass is 15.1. The van der Waals surface area contributed by atoms with Crippen molar-refractivity contribution >= 4 is 21.9 Å². The number of nitrogens with zero attached hydrogens (tertiary/aromatic N) is 4. The molecule has 5 heteroatoms. The van der Waals surface area contributed by atoms with Crippen LogP contribution in [0.15, 0.2) is 48.8 Å². The number of rotatable bonds is 2. The summed E-state index contributed by atoms with van der Waals surface area (Å²) in [5.74, 6) is 0.663. The Morgan fingerprint density at radius 2 is 1.79 bits per heavy atom. The maximum Gasteiger partial charge on any atom is 0.141 e. The zero-order chi connectivity index (χ0) is 19.1. The lowest BCUT2D eigenvalue weighted by molar-refractivity contribution is 0.255. The van der Waals surface area contributed by atoms with E-state index in [1.807, 2.05) is 12.3 Å². The summed E-state index contributed by atoms with van der Waals surface area (Å²) in [6.07, 6.45) is 6.06. The number of H-pyrrole nitrogens is 1. The average Bonchev–Trinajstić information content (AvgIpc) is 3.11. The number of piperidine rings is 1. The van der Waals surface area contributed by atoms with E-state index in [9.17, 15) is 0 Å². The van der Waals surface area contributed by atoms with E-state index >= 15 is 0 Å². The van der Waals surface area contributed by atoms with E-state index in [-0.39, 0.29) is 0 Å². The summed E-state index contributed by atoms with van der Waals surface area (Å²) in [6.45, 7) is 2.35. The normalized spacial score (nSPS) is 15.9. The molecular formula is C23H21N5. The largest absolute Gasteiger partial charge is 0.338 e. The summed E-state index contributed by atoms with van der Waals surface area (Å²) in [6, 6.07) is 15.0. The highest BCUT2D eigenvalue weighted by Gasteiger charge is 2.18. The van der Waals surface area contributed by atoms with Crippen LogP contribution in [0.1, 0.15) is 30.0 Å². The Balaban J connectivity index is 1.50. The standard InChI is InChI=1S/C23H21N5/c1-28-8-6-17(7-9-28)15-2-4-16(5-3-15)18-10-21-20-11-19(12-24)25-14-22(20)27-23(21)26-13-18/h2-5,10-11,13-14,17H,6-9H2,1H3,(H,26,27). The molecule has 1 aliphatic heterocycles. The second-order valence-electron chi connectivity index (χ2n) is 7.67. The van der Waals surface area contributed by atoms with Gasteiger partial charge in [-0.05, 0) is 62.2 Å². The molecule has 0 spiro atoms. The second kappa shape index (κ2) is 6.74. The summed E-state index contributed by atoms with van der Waals surface area (Å²) < 4.78 is 0. The van der Waals surface area contributed by atoms with Gasteiger partial charge in [0.25, 0.3) is 0 Å². The lowest BCUT2D eigenvalue weighted by atomic mass is 9.89. The maximum absolute atomic E-state index is 9.15. The van der Waals surface area contributed by atoms with Gasteiger partial charge in [-0.15, -0.1) is 0 Å². The van der Waals surface area contributed by atoms with E-state index in [2.05, 4.69) is 63.3 Å². The lowest BCUT2D eigenvalue weighted by Gasteiger charge is -2.29. The van der Waals surface area contributed by atoms with Crippen molar-refractivity contribution in [3.63, 3.8) is 0 Å². The molecular weight excluding hydrogens is 346 g/mol. The number of fused-ring (bicyclic) bond motifs is 3. The van der Waals surface area contributed by atoms with E-state index in [0.717, 1.165) is 33.1 Å². The minimum atomic E-state index is 0.418. The summed E-state index contributed by atoms with van der Waals surface area (Å²) in [5, 5.41) is 11.2. The fourth-order valence-corrected chi connectivity index (χ4v) is 4.18. The molecule has 0 saturated carbocycles. The van der Waals surface area contributed by atoms with Gasteiger partial charge in [0.2, 0.25) is 0 Å². The summed E-state index contributed by atoms with van der Waals surface area (Å²) in [5.41, 5.74) is 5.81. The fourth-order valence-electron chi connectivity index (χ4n) is 4.18. The molecule has 4 heterocycles. The van der Waals surface area contributed by atoms with Gasteiger partial charge in [0.05, 0.1) is 11.7 Å². The molecule has 0 unspecified atom stereocenters. The zero-order valence-electron chi connectivity index (χ0n) is 15.8. The zero-order valence-corrected chi connectivity index (χ0v) is 15.8. The second-order valence-corrected chi connectivity index (χ2v) is 7.67. The molecule has 5 rings (SSSR count). The first kappa shape index (κ1) is 16.9. The Labute approximate surface area is 163 Å². The van der Waals surface area contributed by atoms with Crippen molar-refractivity contribution in [2.45, 2.75) is 18.8 Å². The molecule has 1 saturated heterocycles. The van der Waals surface area contributed by atoms with Gasteiger partial charge in [-0.2, -0.15) is 5.26 Å². The van der Waals surface area contributed by atoms with Crippen molar-refractivity contribution in [1.82, 2.24) is 19.9 Å². The molecule has 1 aliphatic rings. The first-order valence-electron chi connectivity index (χ1n) is 9.68. The van der Waals surface area contributed by atoms with Crippen LogP contribution in [0.5, 0.6) is 0 Å². The van der Waals surface area contributed by atoms with Crippen molar-refractivity contribution < 1.29 is 0 Å². The monoisotopic (exact) mass is 367 g/mol. The van der Waals surface area contributed by atoms with E-state index < -0.39 is 0 Å². The number of pyridine rings is 2. The average molecular weight is 367 g/mol. The Hall–Kier alpha value is -3.23. The van der Waals surface area contributed by atoms with Crippen LogP contribution in [0.25, 0.3) is 33.1 Å². The van der Waals surface area contributed by atoms with Gasteiger partial charge < -0.3 is 9.88 Å². The number of aromatic amines is 1. The third-order valence-electron chi connectivity index (χ3n) is 5.88. The molecule has 1 N–H and O–H groups in total. The molecule has 5 nitrogen and oxygen atoms in total. The number of benzene rings is 1. The summed E-state index contributed by atoms with van der Waals surface area (Å²) >= 11 is 0. The molecule has 0 bridgehead atoms. The smallest absolute Gasteiger partial charge is 0.141 e. The minimum absolute atomic E-state index is 0.418. The van der Waals surface area contributed by atoms with Crippen LogP contribution in [0.4, 0.5) is 0 Å². The highest BCUT2D eigenvalue weighted by molar-refractivity contribution is 6.06. The number of nitrogens with one attached hydrogen (secondary N) is 1. The Kier molecular flexibility index (Phi) is 4.07. The number of nitriles is 1. The van der Waals surface area contributed by atoms with E-state index in [0.29, 0.717) is 11.6 Å². The van der Waals surface area contributed by atoms with E-state index in [1.165, 1.54) is 31.5 Å². The van der Waals surface area contributed by atoms with Crippen molar-refractivity contribution in [3.8, 4) is 17.2 Å². The van der Waals surface area contributed by atoms with Crippen LogP contribution in [-0.2, 0) is 0 Å². The van der Waals surface area contributed by atoms with Gasteiger partial charge in [-0.3, -0.25) is 0 Å². The van der Waals surface area contributed by atoms with Crippen LogP contribution in [0, 0.1) is 11.3 Å². The van der Waals surface area contributed by atoms with Crippen LogP contribution < -0.4 is 0 Å². The number of hydrogen-bond donors (Lipinski definition) is 1. The minimum Gasteiger partial charge on any atom is -0.338 e. The molecule has 1 aromatic carbocycles. The predicted molar refractivity (Wildman–Crippen MR) is 111 cm³/mol. The molecule has 3 aromatic heterocycles. The van der Waals surface area contributed by atoms with Gasteiger partial charge in [0.15, 0.2) is 0 Å². The first-order valence-corrected chi connectivity index (χ1v) is 9.68. The molecule has 0 aliphatic carbocycles. The Bertz CT molecular complexity index is 1190. The van der Waals surface area contributed by atoms with E-state index in [1.54, 1.807) is 6.20 Å². The SMILES string of the molecule is CN1CCC(c2ccc(-c3cnc4[nH]c5cnc(C#N)cc5c4c3)cc2)CC1. The molecule has 4 aromatic rings. The highest BCUT2D eigenvalue weighted by Crippen LogP contribution is 2.31. The third kappa shape index (κ3) is 2.92. The molecule has 0 amide bonds. The van der Waals surface area contributed by atoms with Gasteiger partial charge in [-0.1, -0.05) is 24.3 Å². The maximum atomic E-state index is 9.15. The Morgan fingerprint density at radius 1 is 1.00 bits per heavy atom. The van der Waals surface area contributed by atoms with Gasteiger partial charge in [0.1, 0.15) is 17.4 Å². The van der Waals surface area contributed by atoms with E-state index in [4.69, 9.17) is 5.26 Å². The molecule has 0 radical (unpaired) electrons. The quantitative estimate of drug-likeness (QED) is 0.568. The van der Waals surface area contributed by atoms with Crippen LogP contribution in [-0.4, -0.2) is 40.0 Å². The lowest BCUT2D eigenvalue weighted by Crippen LogP contribution is -2.29. The van der Waals surface area contributed by atoms with Crippen LogP contribution >= 0.6 is 0 Å². The molecule has 138 valence electrons. The summed E-state index contributed by atoms with van der Waals surface area (Å²) in [4.78, 5) is 14.4. The van der Waals surface area contributed by atoms with Crippen LogP contribution in [0.2, 0.25) is 0 Å². The topological polar surface area (TPSA) is 68.6 Å². The molecule has 1 fully saturated rings. The molecule has 0 atom stereocenters. The van der Waals surface area contributed by atoms with Crippen molar-refractivity contribution in [3.05, 3.63) is 60.0 Å². The first-order chi connectivity index (χ1) is 13.7. The number of aromatic nitrogens is 3. The third-order valence-corrected chi connectivity index (χ3v) is 5.88. The van der Waals surface area contributed by atoms with Crippen molar-refractivity contribution in [1.29, 1.82) is 5.26 Å². The van der Waals surface area contributed by atoms with Gasteiger partial charge in [-0.25, -0.2) is 9.97 Å². The van der Waals surface area contributed by atoms with Gasteiger partial charge >= 0.3 is 0 Å². The molecule has 28 heavy (non-hydrogen) atoms. The number of hydrogen-bond acceptors (Lipinski definition) is 4. The Morgan fingerprint density at radius 3 is 2.54 bits per heavy atom. The predicted octanol–water partition coefficient (Wildman–Crippen LogP) is 4.46. The van der Waals surface area contributed by atoms with Crippen molar-refractivity contribution in [2.24, 2.45) is 0 Å². The fraction of sp³-hybridized carbons (Fsp3) is 0.261. The van der Waals surface area contributed by atoms with Crippen molar-refractivity contribution in [2.75, 3.05) is 20.1 Å². The van der Waals surface area contributed by atoms with Gasteiger partial charge in [0, 0.05) is 22.5 Å². The number of likely N-dealkylation sites (tertiary alicyclic amines) is 1. The summed E-state index contributed by atoms with van der Waals surface area (Å²) in [7, 11) is 2.20.